The van der Waals surface area contributed by atoms with Gasteiger partial charge in [0.15, 0.2) is 0 Å². The first-order valence-corrected chi connectivity index (χ1v) is 5.99. The highest BCUT2D eigenvalue weighted by Gasteiger charge is 2.32. The Balaban J connectivity index is 2.47. The van der Waals surface area contributed by atoms with E-state index in [1.165, 1.54) is 18.1 Å². The number of carbonyl (C=O) groups is 1. The molecule has 0 atom stereocenters. The van der Waals surface area contributed by atoms with Crippen molar-refractivity contribution in [3.63, 3.8) is 0 Å². The van der Waals surface area contributed by atoms with Gasteiger partial charge >= 0.3 is 12.3 Å². The molecule has 6 heteroatoms. The van der Waals surface area contributed by atoms with E-state index in [1.807, 2.05) is 0 Å². The van der Waals surface area contributed by atoms with Gasteiger partial charge in [0.1, 0.15) is 0 Å². The number of hydrogen-bond donors (Lipinski definition) is 0. The Kier molecular flexibility index (Phi) is 3.68. The summed E-state index contributed by atoms with van der Waals surface area (Å²) in [6.45, 7) is 0.376. The van der Waals surface area contributed by atoms with Crippen LogP contribution in [-0.4, -0.2) is 19.7 Å². The minimum atomic E-state index is -4.41. The lowest BCUT2D eigenvalue weighted by Gasteiger charge is -2.22. The van der Waals surface area contributed by atoms with E-state index in [0.717, 1.165) is 30.5 Å². The van der Waals surface area contributed by atoms with Crippen molar-refractivity contribution in [2.24, 2.45) is 0 Å². The van der Waals surface area contributed by atoms with Crippen LogP contribution >= 0.6 is 0 Å². The number of halogens is 3. The molecule has 0 saturated heterocycles. The van der Waals surface area contributed by atoms with Crippen LogP contribution in [0.1, 0.15) is 24.0 Å². The molecule has 1 amide bonds. The Morgan fingerprint density at radius 3 is 2.68 bits per heavy atom. The zero-order valence-corrected chi connectivity index (χ0v) is 10.5. The second-order valence-electron chi connectivity index (χ2n) is 4.42. The fourth-order valence-corrected chi connectivity index (χ4v) is 2.21. The largest absolute Gasteiger partial charge is 0.452 e. The van der Waals surface area contributed by atoms with E-state index in [4.69, 9.17) is 0 Å². The van der Waals surface area contributed by atoms with Crippen molar-refractivity contribution >= 4 is 11.8 Å². The minimum Gasteiger partial charge on any atom is -0.452 e. The average Bonchev–Trinajstić information content (AvgIpc) is 2.58. The summed E-state index contributed by atoms with van der Waals surface area (Å²) in [4.78, 5) is 12.9. The summed E-state index contributed by atoms with van der Waals surface area (Å²) in [5.41, 5.74) is 0.303. The number of amides is 1. The molecule has 0 aromatic heterocycles. The minimum absolute atomic E-state index is 0.305. The monoisotopic (exact) mass is 273 g/mol. The molecular weight excluding hydrogens is 259 g/mol. The second-order valence-corrected chi connectivity index (χ2v) is 4.42. The zero-order valence-electron chi connectivity index (χ0n) is 10.5. The van der Waals surface area contributed by atoms with Crippen molar-refractivity contribution in [3.8, 4) is 0 Å². The van der Waals surface area contributed by atoms with Crippen LogP contribution in [0.5, 0.6) is 0 Å². The molecule has 1 aromatic rings. The van der Waals surface area contributed by atoms with Crippen LogP contribution in [0.25, 0.3) is 0 Å². The number of anilines is 1. The summed E-state index contributed by atoms with van der Waals surface area (Å²) in [6, 6.07) is 3.52. The summed E-state index contributed by atoms with van der Waals surface area (Å²) in [6.07, 6.45) is -2.79. The van der Waals surface area contributed by atoms with E-state index in [-0.39, 0.29) is 0 Å². The van der Waals surface area contributed by atoms with Crippen LogP contribution in [0.4, 0.5) is 23.7 Å². The maximum atomic E-state index is 12.7. The number of rotatable bonds is 0. The molecule has 0 radical (unpaired) electrons. The Morgan fingerprint density at radius 1 is 1.32 bits per heavy atom. The van der Waals surface area contributed by atoms with Gasteiger partial charge in [0.25, 0.3) is 0 Å². The van der Waals surface area contributed by atoms with Crippen molar-refractivity contribution in [2.75, 3.05) is 18.6 Å². The number of hydrogen-bond acceptors (Lipinski definition) is 2. The molecule has 104 valence electrons. The molecular formula is C13H14F3NO2. The van der Waals surface area contributed by atoms with Crippen LogP contribution in [-0.2, 0) is 17.3 Å². The first-order valence-electron chi connectivity index (χ1n) is 5.99. The zero-order chi connectivity index (χ0) is 14.0. The highest BCUT2D eigenvalue weighted by atomic mass is 19.4. The van der Waals surface area contributed by atoms with Gasteiger partial charge in [0.2, 0.25) is 0 Å². The normalized spacial score (nSPS) is 15.7. The van der Waals surface area contributed by atoms with Gasteiger partial charge in [-0.2, -0.15) is 13.2 Å². The molecule has 0 bridgehead atoms. The molecule has 0 N–H and O–H groups in total. The summed E-state index contributed by atoms with van der Waals surface area (Å²) in [7, 11) is 1.22. The third-order valence-corrected chi connectivity index (χ3v) is 3.18. The Labute approximate surface area is 109 Å². The van der Waals surface area contributed by atoms with Gasteiger partial charge in [-0.1, -0.05) is 6.07 Å². The van der Waals surface area contributed by atoms with E-state index in [9.17, 15) is 18.0 Å². The summed E-state index contributed by atoms with van der Waals surface area (Å²) >= 11 is 0. The molecule has 1 heterocycles. The molecule has 3 nitrogen and oxygen atoms in total. The lowest BCUT2D eigenvalue weighted by atomic mass is 10.0. The molecule has 0 fully saturated rings. The van der Waals surface area contributed by atoms with Crippen molar-refractivity contribution in [2.45, 2.75) is 25.4 Å². The van der Waals surface area contributed by atoms with Gasteiger partial charge in [0, 0.05) is 6.54 Å². The number of methoxy groups -OCH3 is 1. The quantitative estimate of drug-likeness (QED) is 0.722. The van der Waals surface area contributed by atoms with Crippen molar-refractivity contribution in [1.82, 2.24) is 0 Å². The maximum Gasteiger partial charge on any atom is 0.416 e. The second kappa shape index (κ2) is 5.11. The Hall–Kier alpha value is -1.72. The number of nitrogens with zero attached hydrogens (tertiary/aromatic N) is 1. The fourth-order valence-electron chi connectivity index (χ4n) is 2.21. The lowest BCUT2D eigenvalue weighted by molar-refractivity contribution is -0.137. The Morgan fingerprint density at radius 2 is 2.05 bits per heavy atom. The average molecular weight is 273 g/mol. The predicted octanol–water partition coefficient (Wildman–Crippen LogP) is 3.61. The van der Waals surface area contributed by atoms with Crippen LogP contribution in [0.2, 0.25) is 0 Å². The Bertz CT molecular complexity index is 485. The van der Waals surface area contributed by atoms with E-state index in [2.05, 4.69) is 4.74 Å². The summed E-state index contributed by atoms with van der Waals surface area (Å²) in [5.74, 6) is 0. The highest BCUT2D eigenvalue weighted by Crippen LogP contribution is 2.35. The summed E-state index contributed by atoms with van der Waals surface area (Å²) in [5, 5.41) is 0. The fraction of sp³-hybridized carbons (Fsp3) is 0.462. The van der Waals surface area contributed by atoms with E-state index < -0.39 is 17.8 Å². The number of aryl methyl sites for hydroxylation is 1. The number of carbonyl (C=O) groups excluding carboxylic acids is 1. The number of fused-ring (bicyclic) bond motifs is 1. The molecule has 1 aliphatic heterocycles. The smallest absolute Gasteiger partial charge is 0.416 e. The summed E-state index contributed by atoms with van der Waals surface area (Å²) < 4.78 is 42.8. The first-order chi connectivity index (χ1) is 8.93. The van der Waals surface area contributed by atoms with Crippen LogP contribution in [0.3, 0.4) is 0 Å². The van der Waals surface area contributed by atoms with E-state index >= 15 is 0 Å². The van der Waals surface area contributed by atoms with Gasteiger partial charge in [-0.3, -0.25) is 4.90 Å². The van der Waals surface area contributed by atoms with Gasteiger partial charge < -0.3 is 4.74 Å². The van der Waals surface area contributed by atoms with Crippen molar-refractivity contribution < 1.29 is 22.7 Å². The van der Waals surface area contributed by atoms with Gasteiger partial charge in [-0.15, -0.1) is 0 Å². The first kappa shape index (κ1) is 13.7. The maximum absolute atomic E-state index is 12.7. The van der Waals surface area contributed by atoms with Crippen molar-refractivity contribution in [1.29, 1.82) is 0 Å². The topological polar surface area (TPSA) is 29.5 Å². The van der Waals surface area contributed by atoms with Gasteiger partial charge in [0.05, 0.1) is 18.4 Å². The highest BCUT2D eigenvalue weighted by molar-refractivity contribution is 5.89. The van der Waals surface area contributed by atoms with Gasteiger partial charge in [-0.25, -0.2) is 4.79 Å². The van der Waals surface area contributed by atoms with Crippen LogP contribution < -0.4 is 4.90 Å². The molecule has 0 spiro atoms. The van der Waals surface area contributed by atoms with E-state index in [1.54, 1.807) is 0 Å². The molecule has 2 rings (SSSR count). The third-order valence-electron chi connectivity index (χ3n) is 3.18. The van der Waals surface area contributed by atoms with Crippen molar-refractivity contribution in [3.05, 3.63) is 29.3 Å². The molecule has 0 saturated carbocycles. The molecule has 0 aliphatic carbocycles. The lowest BCUT2D eigenvalue weighted by Crippen LogP contribution is -2.31. The molecule has 1 aliphatic rings. The number of ether oxygens (including phenoxy) is 1. The standard InChI is InChI=1S/C13H14F3NO2/c1-19-12(18)17-7-3-2-4-9-5-6-10(8-11(9)17)13(14,15)16/h5-6,8H,2-4,7H2,1H3. The molecule has 0 unspecified atom stereocenters. The van der Waals surface area contributed by atoms with Crippen LogP contribution in [0.15, 0.2) is 18.2 Å². The predicted molar refractivity (Wildman–Crippen MR) is 64.1 cm³/mol. The number of benzene rings is 1. The van der Waals surface area contributed by atoms with Gasteiger partial charge in [-0.05, 0) is 37.0 Å². The molecule has 19 heavy (non-hydrogen) atoms. The van der Waals surface area contributed by atoms with Crippen LogP contribution in [0, 0.1) is 0 Å². The third kappa shape index (κ3) is 2.83. The number of alkyl halides is 3. The van der Waals surface area contributed by atoms with E-state index in [0.29, 0.717) is 18.7 Å². The molecule has 1 aromatic carbocycles. The SMILES string of the molecule is COC(=O)N1CCCCc2ccc(C(F)(F)F)cc21.